The van der Waals surface area contributed by atoms with Crippen molar-refractivity contribution in [1.29, 1.82) is 5.26 Å². The summed E-state index contributed by atoms with van der Waals surface area (Å²) in [4.78, 5) is 23.4. The molecule has 2 bridgehead atoms. The van der Waals surface area contributed by atoms with E-state index >= 15 is 0 Å². The Hall–Kier alpha value is -4.26. The second-order valence-corrected chi connectivity index (χ2v) is 8.89. The van der Waals surface area contributed by atoms with Gasteiger partial charge in [-0.1, -0.05) is 0 Å². The standard InChI is InChI=1S/C24H22FN7O2/c1-12-16-8-14(25)5-6-15(16)22-29-23(33)24(2,3)32(22)11-17-20(18(9-26)31(4)30-17)13-7-19(34-12)21(27)28-10-13/h5-8,10,12H,11H2,1-4H3,(H2,27,28)/t12-/m1/s1. The van der Waals surface area contributed by atoms with E-state index in [1.165, 1.54) is 16.8 Å². The first-order chi connectivity index (χ1) is 16.1. The summed E-state index contributed by atoms with van der Waals surface area (Å²) in [7, 11) is 1.68. The van der Waals surface area contributed by atoms with Gasteiger partial charge in [-0.2, -0.15) is 15.4 Å². The normalized spacial score (nSPS) is 18.5. The Morgan fingerprint density at radius 2 is 2.09 bits per heavy atom. The van der Waals surface area contributed by atoms with Crippen LogP contribution < -0.4 is 10.5 Å². The van der Waals surface area contributed by atoms with E-state index < -0.39 is 17.5 Å². The number of nitrogens with two attached hydrogens (primary N) is 1. The van der Waals surface area contributed by atoms with E-state index in [1.54, 1.807) is 46.1 Å². The fourth-order valence-electron chi connectivity index (χ4n) is 4.44. The minimum absolute atomic E-state index is 0.158. The van der Waals surface area contributed by atoms with E-state index in [-0.39, 0.29) is 18.3 Å². The molecule has 10 heteroatoms. The molecule has 0 fully saturated rings. The van der Waals surface area contributed by atoms with E-state index in [0.717, 1.165) is 0 Å². The van der Waals surface area contributed by atoms with Crippen LogP contribution in [-0.4, -0.2) is 36.9 Å². The number of pyridine rings is 1. The van der Waals surface area contributed by atoms with Crippen LogP contribution in [0.3, 0.4) is 0 Å². The molecule has 34 heavy (non-hydrogen) atoms. The number of nitrogens with zero attached hydrogens (tertiary/aromatic N) is 6. The summed E-state index contributed by atoms with van der Waals surface area (Å²) in [6.45, 7) is 5.50. The van der Waals surface area contributed by atoms with Gasteiger partial charge in [-0.3, -0.25) is 9.48 Å². The number of aryl methyl sites for hydroxylation is 1. The van der Waals surface area contributed by atoms with Crippen LogP contribution in [0, 0.1) is 17.1 Å². The third-order valence-electron chi connectivity index (χ3n) is 6.36. The average molecular weight is 459 g/mol. The monoisotopic (exact) mass is 459 g/mol. The number of amidine groups is 1. The zero-order valence-electron chi connectivity index (χ0n) is 19.1. The molecule has 172 valence electrons. The fourth-order valence-corrected chi connectivity index (χ4v) is 4.44. The Morgan fingerprint density at radius 3 is 2.82 bits per heavy atom. The van der Waals surface area contributed by atoms with E-state index in [4.69, 9.17) is 10.5 Å². The van der Waals surface area contributed by atoms with Gasteiger partial charge in [-0.15, -0.1) is 0 Å². The summed E-state index contributed by atoms with van der Waals surface area (Å²) >= 11 is 0. The predicted octanol–water partition coefficient (Wildman–Crippen LogP) is 3.10. The number of rotatable bonds is 0. The van der Waals surface area contributed by atoms with E-state index in [2.05, 4.69) is 21.1 Å². The quantitative estimate of drug-likeness (QED) is 0.548. The number of nitriles is 1. The van der Waals surface area contributed by atoms with Gasteiger partial charge < -0.3 is 15.4 Å². The third kappa shape index (κ3) is 3.12. The van der Waals surface area contributed by atoms with Gasteiger partial charge in [0.25, 0.3) is 5.91 Å². The molecule has 0 radical (unpaired) electrons. The van der Waals surface area contributed by atoms with Crippen molar-refractivity contribution in [3.63, 3.8) is 0 Å². The molecule has 0 aliphatic carbocycles. The molecule has 4 heterocycles. The number of hydrogen-bond acceptors (Lipinski definition) is 7. The lowest BCUT2D eigenvalue weighted by Crippen LogP contribution is -2.46. The molecule has 1 amide bonds. The Morgan fingerprint density at radius 1 is 1.32 bits per heavy atom. The summed E-state index contributed by atoms with van der Waals surface area (Å²) in [5.41, 5.74) is 8.24. The number of halogens is 1. The molecular weight excluding hydrogens is 437 g/mol. The van der Waals surface area contributed by atoms with Crippen LogP contribution >= 0.6 is 0 Å². The van der Waals surface area contributed by atoms with Crippen molar-refractivity contribution in [2.45, 2.75) is 39.0 Å². The van der Waals surface area contributed by atoms with Crippen LogP contribution in [0.25, 0.3) is 11.1 Å². The second kappa shape index (κ2) is 7.38. The maximum absolute atomic E-state index is 14.3. The maximum Gasteiger partial charge on any atom is 0.272 e. The highest BCUT2D eigenvalue weighted by Crippen LogP contribution is 2.38. The van der Waals surface area contributed by atoms with Crippen LogP contribution in [0.15, 0.2) is 35.5 Å². The van der Waals surface area contributed by atoms with E-state index in [9.17, 15) is 14.4 Å². The van der Waals surface area contributed by atoms with Crippen molar-refractivity contribution < 1.29 is 13.9 Å². The molecule has 2 aromatic heterocycles. The molecular formula is C24H22FN7O2. The van der Waals surface area contributed by atoms with Crippen molar-refractivity contribution in [3.05, 3.63) is 58.8 Å². The van der Waals surface area contributed by atoms with Gasteiger partial charge in [-0.25, -0.2) is 9.37 Å². The number of hydrogen-bond donors (Lipinski definition) is 1. The van der Waals surface area contributed by atoms with Crippen molar-refractivity contribution in [3.8, 4) is 22.9 Å². The molecule has 2 aliphatic rings. The summed E-state index contributed by atoms with van der Waals surface area (Å²) in [6, 6.07) is 8.19. The van der Waals surface area contributed by atoms with Crippen LogP contribution in [-0.2, 0) is 18.4 Å². The molecule has 0 saturated carbocycles. The fraction of sp³-hybridized carbons (Fsp3) is 0.292. The van der Waals surface area contributed by atoms with Gasteiger partial charge >= 0.3 is 0 Å². The molecule has 2 N–H and O–H groups in total. The molecule has 1 aromatic carbocycles. The number of amides is 1. The number of carbonyl (C=O) groups is 1. The highest BCUT2D eigenvalue weighted by molar-refractivity contribution is 6.14. The summed E-state index contributed by atoms with van der Waals surface area (Å²) in [5, 5.41) is 14.4. The smallest absolute Gasteiger partial charge is 0.272 e. The van der Waals surface area contributed by atoms with Gasteiger partial charge in [0.05, 0.1) is 12.2 Å². The minimum Gasteiger partial charge on any atom is -0.482 e. The van der Waals surface area contributed by atoms with Crippen LogP contribution in [0.4, 0.5) is 10.2 Å². The van der Waals surface area contributed by atoms with Crippen molar-refractivity contribution >= 4 is 17.6 Å². The largest absolute Gasteiger partial charge is 0.482 e. The molecule has 5 rings (SSSR count). The van der Waals surface area contributed by atoms with Crippen LogP contribution in [0.2, 0.25) is 0 Å². The number of nitrogen functional groups attached to an aromatic ring is 1. The molecule has 3 aromatic rings. The second-order valence-electron chi connectivity index (χ2n) is 8.89. The topological polar surface area (TPSA) is 122 Å². The SMILES string of the molecule is C[C@H]1Oc2cc(cnc2N)-c2c(nn(C)c2C#N)CN2C(=NC(=O)C2(C)C)c2ccc(F)cc21. The summed E-state index contributed by atoms with van der Waals surface area (Å²) < 4.78 is 22.0. The van der Waals surface area contributed by atoms with Crippen molar-refractivity contribution in [2.24, 2.45) is 12.0 Å². The summed E-state index contributed by atoms with van der Waals surface area (Å²) in [5.74, 6) is 0.0749. The van der Waals surface area contributed by atoms with Gasteiger partial charge in [-0.05, 0) is 45.0 Å². The molecule has 2 aliphatic heterocycles. The Bertz CT molecular complexity index is 1430. The highest BCUT2D eigenvalue weighted by atomic mass is 19.1. The third-order valence-corrected chi connectivity index (χ3v) is 6.36. The number of anilines is 1. The zero-order chi connectivity index (χ0) is 24.4. The van der Waals surface area contributed by atoms with Crippen LogP contribution in [0.5, 0.6) is 5.75 Å². The van der Waals surface area contributed by atoms with Gasteiger partial charge in [0.2, 0.25) is 0 Å². The Kier molecular flexibility index (Phi) is 4.68. The molecule has 0 saturated heterocycles. The first-order valence-corrected chi connectivity index (χ1v) is 10.7. The lowest BCUT2D eigenvalue weighted by Gasteiger charge is -2.33. The number of aromatic nitrogens is 3. The minimum atomic E-state index is -0.985. The van der Waals surface area contributed by atoms with E-state index in [1.807, 2.05) is 4.90 Å². The summed E-state index contributed by atoms with van der Waals surface area (Å²) in [6.07, 6.45) is 0.916. The zero-order valence-corrected chi connectivity index (χ0v) is 19.1. The van der Waals surface area contributed by atoms with E-state index in [0.29, 0.717) is 45.2 Å². The average Bonchev–Trinajstić information content (AvgIpc) is 3.22. The van der Waals surface area contributed by atoms with Crippen molar-refractivity contribution in [1.82, 2.24) is 19.7 Å². The highest BCUT2D eigenvalue weighted by Gasteiger charge is 2.44. The number of carbonyl (C=O) groups excluding carboxylic acids is 1. The predicted molar refractivity (Wildman–Crippen MR) is 122 cm³/mol. The number of fused-ring (bicyclic) bond motifs is 7. The Labute approximate surface area is 195 Å². The van der Waals surface area contributed by atoms with Crippen LogP contribution in [0.1, 0.15) is 49.4 Å². The first kappa shape index (κ1) is 21.6. The molecule has 0 spiro atoms. The lowest BCUT2D eigenvalue weighted by atomic mass is 9.97. The lowest BCUT2D eigenvalue weighted by molar-refractivity contribution is -0.124. The molecule has 0 unspecified atom stereocenters. The van der Waals surface area contributed by atoms with Gasteiger partial charge in [0, 0.05) is 35.5 Å². The first-order valence-electron chi connectivity index (χ1n) is 10.7. The Balaban J connectivity index is 1.83. The maximum atomic E-state index is 14.3. The van der Waals surface area contributed by atoms with Gasteiger partial charge in [0.1, 0.15) is 35.1 Å². The number of benzene rings is 1. The van der Waals surface area contributed by atoms with Crippen molar-refractivity contribution in [2.75, 3.05) is 5.73 Å². The molecule has 1 atom stereocenters. The van der Waals surface area contributed by atoms with Gasteiger partial charge in [0.15, 0.2) is 11.6 Å². The molecule has 9 nitrogen and oxygen atoms in total. The number of aliphatic imine (C=N–C) groups is 1. The number of ether oxygens (including phenoxy) is 1.